The van der Waals surface area contributed by atoms with Crippen molar-refractivity contribution in [2.24, 2.45) is 0 Å². The molecule has 0 fully saturated rings. The number of hydrogen-bond donors (Lipinski definition) is 1. The average molecular weight is 398 g/mol. The summed E-state index contributed by atoms with van der Waals surface area (Å²) in [5.74, 6) is -1.00. The van der Waals surface area contributed by atoms with E-state index in [2.05, 4.69) is 15.3 Å². The van der Waals surface area contributed by atoms with Crippen LogP contribution in [0.5, 0.6) is 0 Å². The summed E-state index contributed by atoms with van der Waals surface area (Å²) in [4.78, 5) is 33.3. The molecule has 6 nitrogen and oxygen atoms in total. The number of fused-ring (bicyclic) bond motifs is 1. The Labute approximate surface area is 167 Å². The third-order valence-electron chi connectivity index (χ3n) is 4.39. The lowest BCUT2D eigenvalue weighted by molar-refractivity contribution is -0.124. The smallest absolute Gasteiger partial charge is 0.338 e. The quantitative estimate of drug-likeness (QED) is 0.659. The molecule has 3 rings (SSSR count). The van der Waals surface area contributed by atoms with Gasteiger partial charge in [0.1, 0.15) is 0 Å². The fourth-order valence-electron chi connectivity index (χ4n) is 2.76. The molecule has 0 saturated heterocycles. The molecule has 144 valence electrons. The topological polar surface area (TPSA) is 81.2 Å². The zero-order valence-electron chi connectivity index (χ0n) is 15.8. The SMILES string of the molecule is Cc1nc2ccc(C(=O)OCC(=O)N[C@@H](C)c3ccccc3Cl)cc2nc1C. The number of rotatable bonds is 5. The Kier molecular flexibility index (Phi) is 5.90. The highest BCUT2D eigenvalue weighted by Crippen LogP contribution is 2.22. The van der Waals surface area contributed by atoms with Crippen LogP contribution in [-0.2, 0) is 9.53 Å². The van der Waals surface area contributed by atoms with Crippen molar-refractivity contribution in [2.75, 3.05) is 6.61 Å². The maximum atomic E-state index is 12.3. The van der Waals surface area contributed by atoms with Crippen LogP contribution in [0.25, 0.3) is 11.0 Å². The molecule has 1 atom stereocenters. The Balaban J connectivity index is 1.62. The number of aryl methyl sites for hydroxylation is 2. The summed E-state index contributed by atoms with van der Waals surface area (Å²) in [6, 6.07) is 11.9. The fraction of sp³-hybridized carbons (Fsp3) is 0.238. The van der Waals surface area contributed by atoms with Gasteiger partial charge in [0, 0.05) is 5.02 Å². The molecule has 0 unspecified atom stereocenters. The molecule has 0 saturated carbocycles. The Morgan fingerprint density at radius 2 is 1.75 bits per heavy atom. The number of amides is 1. The van der Waals surface area contributed by atoms with E-state index in [9.17, 15) is 9.59 Å². The Bertz CT molecular complexity index is 1050. The maximum Gasteiger partial charge on any atom is 0.338 e. The van der Waals surface area contributed by atoms with Crippen molar-refractivity contribution < 1.29 is 14.3 Å². The number of aromatic nitrogens is 2. The van der Waals surface area contributed by atoms with E-state index in [-0.39, 0.29) is 12.6 Å². The highest BCUT2D eigenvalue weighted by Gasteiger charge is 2.15. The minimum absolute atomic E-state index is 0.304. The van der Waals surface area contributed by atoms with Gasteiger partial charge in [0.25, 0.3) is 5.91 Å². The predicted octanol–water partition coefficient (Wildman–Crippen LogP) is 3.93. The van der Waals surface area contributed by atoms with E-state index in [1.165, 1.54) is 0 Å². The number of halogens is 1. The molecule has 7 heteroatoms. The Morgan fingerprint density at radius 1 is 1.07 bits per heavy atom. The number of nitrogens with zero attached hydrogens (tertiary/aromatic N) is 2. The van der Waals surface area contributed by atoms with Crippen molar-refractivity contribution in [3.05, 3.63) is 70.0 Å². The van der Waals surface area contributed by atoms with Crippen LogP contribution in [0, 0.1) is 13.8 Å². The monoisotopic (exact) mass is 397 g/mol. The van der Waals surface area contributed by atoms with Crippen molar-refractivity contribution in [3.8, 4) is 0 Å². The van der Waals surface area contributed by atoms with Gasteiger partial charge in [0.15, 0.2) is 6.61 Å². The van der Waals surface area contributed by atoms with E-state index < -0.39 is 11.9 Å². The molecule has 28 heavy (non-hydrogen) atoms. The summed E-state index contributed by atoms with van der Waals surface area (Å²) < 4.78 is 5.13. The van der Waals surface area contributed by atoms with Crippen LogP contribution < -0.4 is 5.32 Å². The minimum atomic E-state index is -0.595. The first-order valence-corrected chi connectivity index (χ1v) is 9.19. The fourth-order valence-corrected chi connectivity index (χ4v) is 3.06. The van der Waals surface area contributed by atoms with E-state index in [4.69, 9.17) is 16.3 Å². The van der Waals surface area contributed by atoms with E-state index in [1.807, 2.05) is 39.0 Å². The molecule has 0 aliphatic rings. The van der Waals surface area contributed by atoms with Gasteiger partial charge in [-0.1, -0.05) is 29.8 Å². The molecule has 1 heterocycles. The third-order valence-corrected chi connectivity index (χ3v) is 4.74. The van der Waals surface area contributed by atoms with Crippen LogP contribution in [0.2, 0.25) is 5.02 Å². The second-order valence-electron chi connectivity index (χ2n) is 6.48. The van der Waals surface area contributed by atoms with E-state index in [1.54, 1.807) is 24.3 Å². The number of esters is 1. The molecule has 2 aromatic carbocycles. The van der Waals surface area contributed by atoms with Crippen LogP contribution in [0.3, 0.4) is 0 Å². The number of ether oxygens (including phenoxy) is 1. The second kappa shape index (κ2) is 8.35. The molecule has 0 aliphatic heterocycles. The summed E-state index contributed by atoms with van der Waals surface area (Å²) in [6.45, 7) is 5.17. The second-order valence-corrected chi connectivity index (χ2v) is 6.89. The number of benzene rings is 2. The molecule has 1 aromatic heterocycles. The van der Waals surface area contributed by atoms with Crippen molar-refractivity contribution in [2.45, 2.75) is 26.8 Å². The molecule has 0 radical (unpaired) electrons. The molecular weight excluding hydrogens is 378 g/mol. The highest BCUT2D eigenvalue weighted by molar-refractivity contribution is 6.31. The van der Waals surface area contributed by atoms with Crippen molar-refractivity contribution >= 4 is 34.5 Å². The number of carbonyl (C=O) groups excluding carboxylic acids is 2. The first-order valence-electron chi connectivity index (χ1n) is 8.81. The predicted molar refractivity (Wildman–Crippen MR) is 107 cm³/mol. The van der Waals surface area contributed by atoms with Gasteiger partial charge >= 0.3 is 5.97 Å². The van der Waals surface area contributed by atoms with Crippen LogP contribution in [0.1, 0.15) is 40.3 Å². The van der Waals surface area contributed by atoms with Gasteiger partial charge < -0.3 is 10.1 Å². The van der Waals surface area contributed by atoms with E-state index in [0.717, 1.165) is 17.0 Å². The zero-order chi connectivity index (χ0) is 20.3. The van der Waals surface area contributed by atoms with Gasteiger partial charge in [0.2, 0.25) is 0 Å². The summed E-state index contributed by atoms with van der Waals surface area (Å²) >= 11 is 6.13. The zero-order valence-corrected chi connectivity index (χ0v) is 16.6. The highest BCUT2D eigenvalue weighted by atomic mass is 35.5. The number of carbonyl (C=O) groups is 2. The molecule has 0 spiro atoms. The standard InChI is InChI=1S/C21H20ClN3O3/c1-12-13(2)24-19-10-15(8-9-18(19)23-12)21(27)28-11-20(26)25-14(3)16-6-4-5-7-17(16)22/h4-10,14H,11H2,1-3H3,(H,25,26)/t14-/m0/s1. The molecule has 1 N–H and O–H groups in total. The normalized spacial score (nSPS) is 11.9. The minimum Gasteiger partial charge on any atom is -0.452 e. The van der Waals surface area contributed by atoms with E-state index in [0.29, 0.717) is 21.6 Å². The summed E-state index contributed by atoms with van der Waals surface area (Å²) in [5.41, 5.74) is 4.05. The van der Waals surface area contributed by atoms with Crippen molar-refractivity contribution in [1.29, 1.82) is 0 Å². The van der Waals surface area contributed by atoms with Gasteiger partial charge in [-0.15, -0.1) is 0 Å². The van der Waals surface area contributed by atoms with Crippen LogP contribution >= 0.6 is 11.6 Å². The molecule has 3 aromatic rings. The maximum absolute atomic E-state index is 12.3. The number of nitrogens with one attached hydrogen (secondary N) is 1. The number of hydrogen-bond acceptors (Lipinski definition) is 5. The van der Waals surface area contributed by atoms with Gasteiger partial charge in [-0.2, -0.15) is 0 Å². The third kappa shape index (κ3) is 4.46. The molecule has 0 bridgehead atoms. The largest absolute Gasteiger partial charge is 0.452 e. The molecular formula is C21H20ClN3O3. The first-order chi connectivity index (χ1) is 13.3. The van der Waals surface area contributed by atoms with E-state index >= 15 is 0 Å². The van der Waals surface area contributed by atoms with Crippen LogP contribution in [0.15, 0.2) is 42.5 Å². The first kappa shape index (κ1) is 19.8. The van der Waals surface area contributed by atoms with Gasteiger partial charge in [-0.25, -0.2) is 14.8 Å². The van der Waals surface area contributed by atoms with Crippen LogP contribution in [0.4, 0.5) is 0 Å². The Hall–Kier alpha value is -2.99. The molecule has 0 aliphatic carbocycles. The van der Waals surface area contributed by atoms with Crippen molar-refractivity contribution in [3.63, 3.8) is 0 Å². The lowest BCUT2D eigenvalue weighted by Gasteiger charge is -2.15. The van der Waals surface area contributed by atoms with Gasteiger partial charge in [-0.3, -0.25) is 4.79 Å². The summed E-state index contributed by atoms with van der Waals surface area (Å²) in [6.07, 6.45) is 0. The lowest BCUT2D eigenvalue weighted by Crippen LogP contribution is -2.31. The molecule has 1 amide bonds. The Morgan fingerprint density at radius 3 is 2.46 bits per heavy atom. The summed E-state index contributed by atoms with van der Waals surface area (Å²) in [5, 5.41) is 3.33. The van der Waals surface area contributed by atoms with Gasteiger partial charge in [-0.05, 0) is 50.6 Å². The average Bonchev–Trinajstić information content (AvgIpc) is 2.67. The van der Waals surface area contributed by atoms with Crippen molar-refractivity contribution in [1.82, 2.24) is 15.3 Å². The lowest BCUT2D eigenvalue weighted by atomic mass is 10.1. The van der Waals surface area contributed by atoms with Gasteiger partial charge in [0.05, 0.1) is 34.0 Å². The van der Waals surface area contributed by atoms with Crippen LogP contribution in [-0.4, -0.2) is 28.5 Å². The summed E-state index contributed by atoms with van der Waals surface area (Å²) in [7, 11) is 0.